The molecule has 0 fully saturated rings. The number of aromatic nitrogens is 2. The fourth-order valence-corrected chi connectivity index (χ4v) is 3.29. The third-order valence-electron chi connectivity index (χ3n) is 4.48. The van der Waals surface area contributed by atoms with E-state index >= 15 is 0 Å². The van der Waals surface area contributed by atoms with Crippen molar-refractivity contribution in [1.82, 2.24) is 15.1 Å². The molecule has 1 aliphatic rings. The summed E-state index contributed by atoms with van der Waals surface area (Å²) in [5.41, 5.74) is 3.58. The third-order valence-corrected chi connectivity index (χ3v) is 4.48. The Bertz CT molecular complexity index is 765. The number of benzene rings is 1. The van der Waals surface area contributed by atoms with E-state index in [1.807, 2.05) is 26.8 Å². The number of carbonyl (C=O) groups excluding carboxylic acids is 1. The molecule has 128 valence electrons. The van der Waals surface area contributed by atoms with Gasteiger partial charge >= 0.3 is 0 Å². The first-order chi connectivity index (χ1) is 11.4. The topological polar surface area (TPSA) is 56.2 Å². The Kier molecular flexibility index (Phi) is 4.41. The third kappa shape index (κ3) is 2.94. The minimum absolute atomic E-state index is 0.0389. The van der Waals surface area contributed by atoms with Crippen LogP contribution in [-0.2, 0) is 24.8 Å². The first kappa shape index (κ1) is 16.6. The molecule has 0 spiro atoms. The van der Waals surface area contributed by atoms with Crippen molar-refractivity contribution < 1.29 is 13.9 Å². The average molecular weight is 331 g/mol. The van der Waals surface area contributed by atoms with E-state index in [9.17, 15) is 9.18 Å². The molecular weight excluding hydrogens is 309 g/mol. The van der Waals surface area contributed by atoms with E-state index in [1.54, 1.807) is 17.8 Å². The summed E-state index contributed by atoms with van der Waals surface area (Å²) in [6.07, 6.45) is 0.553. The molecule has 0 radical (unpaired) electrons. The maximum atomic E-state index is 13.9. The number of rotatable bonds is 3. The Hall–Kier alpha value is -2.21. The molecule has 5 nitrogen and oxygen atoms in total. The molecule has 1 aromatic heterocycles. The SMILES string of the molecule is Cc1cccc(F)c1CNC(=O)c1c2c(nn1C)[C@H](C)O[C@H](C)C2. The lowest BCUT2D eigenvalue weighted by Crippen LogP contribution is -2.29. The summed E-state index contributed by atoms with van der Waals surface area (Å²) >= 11 is 0. The summed E-state index contributed by atoms with van der Waals surface area (Å²) in [6, 6.07) is 4.90. The Labute approximate surface area is 140 Å². The summed E-state index contributed by atoms with van der Waals surface area (Å²) in [5.74, 6) is -0.548. The van der Waals surface area contributed by atoms with Crippen molar-refractivity contribution in [2.45, 2.75) is 45.9 Å². The van der Waals surface area contributed by atoms with Crippen LogP contribution < -0.4 is 5.32 Å². The average Bonchev–Trinajstić information content (AvgIpc) is 2.83. The molecule has 2 aromatic rings. The zero-order valence-corrected chi connectivity index (χ0v) is 14.4. The number of aryl methyl sites for hydroxylation is 2. The van der Waals surface area contributed by atoms with Gasteiger partial charge in [0.1, 0.15) is 11.5 Å². The molecule has 2 heterocycles. The highest BCUT2D eigenvalue weighted by atomic mass is 19.1. The van der Waals surface area contributed by atoms with Crippen molar-refractivity contribution in [3.63, 3.8) is 0 Å². The van der Waals surface area contributed by atoms with Gasteiger partial charge in [-0.1, -0.05) is 12.1 Å². The van der Waals surface area contributed by atoms with E-state index in [4.69, 9.17) is 4.74 Å². The van der Waals surface area contributed by atoms with Crippen LogP contribution in [0.25, 0.3) is 0 Å². The van der Waals surface area contributed by atoms with Gasteiger partial charge in [0.2, 0.25) is 0 Å². The number of halogens is 1. The van der Waals surface area contributed by atoms with Crippen molar-refractivity contribution in [2.75, 3.05) is 0 Å². The van der Waals surface area contributed by atoms with E-state index in [0.717, 1.165) is 16.8 Å². The smallest absolute Gasteiger partial charge is 0.270 e. The van der Waals surface area contributed by atoms with Crippen LogP contribution in [0, 0.1) is 12.7 Å². The van der Waals surface area contributed by atoms with Crippen LogP contribution in [0.3, 0.4) is 0 Å². The Morgan fingerprint density at radius 2 is 2.21 bits per heavy atom. The number of nitrogens with zero attached hydrogens (tertiary/aromatic N) is 2. The van der Waals surface area contributed by atoms with E-state index in [0.29, 0.717) is 17.7 Å². The number of ether oxygens (including phenoxy) is 1. The molecule has 0 aliphatic carbocycles. The fourth-order valence-electron chi connectivity index (χ4n) is 3.29. The minimum Gasteiger partial charge on any atom is -0.369 e. The number of fused-ring (bicyclic) bond motifs is 1. The molecule has 6 heteroatoms. The molecule has 2 atom stereocenters. The van der Waals surface area contributed by atoms with Gasteiger partial charge in [0.25, 0.3) is 5.91 Å². The molecule has 3 rings (SSSR count). The Morgan fingerprint density at radius 1 is 1.46 bits per heavy atom. The minimum atomic E-state index is -0.307. The standard InChI is InChI=1S/C18H22FN3O2/c1-10-6-5-7-15(19)14(10)9-20-18(23)17-13-8-11(2)24-12(3)16(13)21-22(17)4/h5-7,11-12H,8-9H2,1-4H3,(H,20,23)/t11-,12+/m1/s1. The number of hydrogen-bond donors (Lipinski definition) is 1. The van der Waals surface area contributed by atoms with Crippen molar-refractivity contribution in [1.29, 1.82) is 0 Å². The molecule has 1 aromatic carbocycles. The first-order valence-electron chi connectivity index (χ1n) is 8.12. The molecule has 0 bridgehead atoms. The predicted molar refractivity (Wildman–Crippen MR) is 88.2 cm³/mol. The fraction of sp³-hybridized carbons (Fsp3) is 0.444. The lowest BCUT2D eigenvalue weighted by atomic mass is 9.99. The van der Waals surface area contributed by atoms with E-state index in [-0.39, 0.29) is 30.5 Å². The van der Waals surface area contributed by atoms with Gasteiger partial charge in [0.15, 0.2) is 0 Å². The summed E-state index contributed by atoms with van der Waals surface area (Å²) in [5, 5.41) is 7.26. The predicted octanol–water partition coefficient (Wildman–Crippen LogP) is 2.82. The second-order valence-electron chi connectivity index (χ2n) is 6.35. The van der Waals surface area contributed by atoms with Gasteiger partial charge in [-0.15, -0.1) is 0 Å². The highest BCUT2D eigenvalue weighted by Gasteiger charge is 2.31. The van der Waals surface area contributed by atoms with Crippen molar-refractivity contribution in [3.8, 4) is 0 Å². The van der Waals surface area contributed by atoms with Crippen molar-refractivity contribution in [3.05, 3.63) is 52.1 Å². The van der Waals surface area contributed by atoms with Gasteiger partial charge in [0, 0.05) is 31.1 Å². The number of nitrogens with one attached hydrogen (secondary N) is 1. The largest absolute Gasteiger partial charge is 0.369 e. The lowest BCUT2D eigenvalue weighted by Gasteiger charge is -2.24. The molecule has 1 aliphatic heterocycles. The van der Waals surface area contributed by atoms with Gasteiger partial charge in [0.05, 0.1) is 17.9 Å². The maximum Gasteiger partial charge on any atom is 0.270 e. The van der Waals surface area contributed by atoms with Crippen LogP contribution >= 0.6 is 0 Å². The van der Waals surface area contributed by atoms with Crippen LogP contribution in [0.4, 0.5) is 4.39 Å². The number of hydrogen-bond acceptors (Lipinski definition) is 3. The zero-order chi connectivity index (χ0) is 17.4. The summed E-state index contributed by atoms with van der Waals surface area (Å²) < 4.78 is 21.3. The van der Waals surface area contributed by atoms with Crippen LogP contribution in [0.5, 0.6) is 0 Å². The highest BCUT2D eigenvalue weighted by molar-refractivity contribution is 5.94. The van der Waals surface area contributed by atoms with Crippen LogP contribution in [0.2, 0.25) is 0 Å². The Balaban J connectivity index is 1.84. The highest BCUT2D eigenvalue weighted by Crippen LogP contribution is 2.31. The first-order valence-corrected chi connectivity index (χ1v) is 8.12. The van der Waals surface area contributed by atoms with E-state index in [2.05, 4.69) is 10.4 Å². The molecule has 0 saturated heterocycles. The van der Waals surface area contributed by atoms with Gasteiger partial charge in [-0.3, -0.25) is 9.48 Å². The monoisotopic (exact) mass is 331 g/mol. The Morgan fingerprint density at radius 3 is 2.92 bits per heavy atom. The van der Waals surface area contributed by atoms with Gasteiger partial charge in [-0.25, -0.2) is 4.39 Å². The van der Waals surface area contributed by atoms with Gasteiger partial charge < -0.3 is 10.1 Å². The zero-order valence-electron chi connectivity index (χ0n) is 14.4. The van der Waals surface area contributed by atoms with E-state index < -0.39 is 0 Å². The quantitative estimate of drug-likeness (QED) is 0.941. The van der Waals surface area contributed by atoms with Crippen LogP contribution in [-0.4, -0.2) is 21.8 Å². The second-order valence-corrected chi connectivity index (χ2v) is 6.35. The molecular formula is C18H22FN3O2. The summed E-state index contributed by atoms with van der Waals surface area (Å²) in [4.78, 5) is 12.7. The normalized spacial score (nSPS) is 19.9. The summed E-state index contributed by atoms with van der Waals surface area (Å²) in [6.45, 7) is 5.90. The van der Waals surface area contributed by atoms with E-state index in [1.165, 1.54) is 6.07 Å². The van der Waals surface area contributed by atoms with Gasteiger partial charge in [-0.05, 0) is 32.4 Å². The number of carbonyl (C=O) groups is 1. The second kappa shape index (κ2) is 6.36. The molecule has 0 unspecified atom stereocenters. The molecule has 0 saturated carbocycles. The maximum absolute atomic E-state index is 13.9. The summed E-state index contributed by atoms with van der Waals surface area (Å²) in [7, 11) is 1.75. The van der Waals surface area contributed by atoms with Crippen LogP contribution in [0.15, 0.2) is 18.2 Å². The van der Waals surface area contributed by atoms with Gasteiger partial charge in [-0.2, -0.15) is 5.10 Å². The van der Waals surface area contributed by atoms with Crippen molar-refractivity contribution >= 4 is 5.91 Å². The number of amides is 1. The molecule has 1 amide bonds. The lowest BCUT2D eigenvalue weighted by molar-refractivity contribution is -0.00710. The van der Waals surface area contributed by atoms with Crippen LogP contribution in [0.1, 0.15) is 52.8 Å². The molecule has 24 heavy (non-hydrogen) atoms. The van der Waals surface area contributed by atoms with Crippen molar-refractivity contribution in [2.24, 2.45) is 7.05 Å². The molecule has 1 N–H and O–H groups in total.